The van der Waals surface area contributed by atoms with Crippen molar-refractivity contribution in [2.75, 3.05) is 19.7 Å². The molecule has 14 heavy (non-hydrogen) atoms. The molecule has 0 aromatic heterocycles. The normalized spacial score (nSPS) is 22.3. The molecule has 1 aliphatic heterocycles. The summed E-state index contributed by atoms with van der Waals surface area (Å²) in [4.78, 5) is 0. The highest BCUT2D eigenvalue weighted by molar-refractivity contribution is 6.30. The molecule has 1 fully saturated rings. The topological polar surface area (TPSA) is 21.3 Å². The Morgan fingerprint density at radius 2 is 2.36 bits per heavy atom. The standard InChI is InChI=1S/C10H11ClFNO/c11-8-2-1-7(5-9(8)12)10-6-13-3-4-14-10/h1-2,5,10,13H,3-4,6H2. The molecule has 1 aromatic carbocycles. The molecule has 1 atom stereocenters. The van der Waals surface area contributed by atoms with Gasteiger partial charge >= 0.3 is 0 Å². The van der Waals surface area contributed by atoms with E-state index in [1.54, 1.807) is 12.1 Å². The van der Waals surface area contributed by atoms with Crippen LogP contribution in [0.3, 0.4) is 0 Å². The highest BCUT2D eigenvalue weighted by Crippen LogP contribution is 2.23. The van der Waals surface area contributed by atoms with Crippen LogP contribution in [0.25, 0.3) is 0 Å². The Hall–Kier alpha value is -0.640. The van der Waals surface area contributed by atoms with E-state index in [1.807, 2.05) is 0 Å². The third kappa shape index (κ3) is 2.05. The van der Waals surface area contributed by atoms with Gasteiger partial charge in [0.1, 0.15) is 5.82 Å². The third-order valence-electron chi connectivity index (χ3n) is 2.24. The maximum Gasteiger partial charge on any atom is 0.142 e. The summed E-state index contributed by atoms with van der Waals surface area (Å²) < 4.78 is 18.6. The summed E-state index contributed by atoms with van der Waals surface area (Å²) in [6.45, 7) is 2.24. The average molecular weight is 216 g/mol. The van der Waals surface area contributed by atoms with Gasteiger partial charge in [-0.25, -0.2) is 4.39 Å². The largest absolute Gasteiger partial charge is 0.371 e. The summed E-state index contributed by atoms with van der Waals surface area (Å²) in [5.74, 6) is -0.390. The second kappa shape index (κ2) is 4.26. The molecular formula is C10H11ClFNO. The van der Waals surface area contributed by atoms with Gasteiger partial charge in [0.05, 0.1) is 17.7 Å². The Bertz CT molecular complexity index is 326. The molecule has 1 unspecified atom stereocenters. The Labute approximate surface area is 87.0 Å². The van der Waals surface area contributed by atoms with Gasteiger partial charge in [0.15, 0.2) is 0 Å². The van der Waals surface area contributed by atoms with Crippen LogP contribution < -0.4 is 5.32 Å². The van der Waals surface area contributed by atoms with Crippen LogP contribution in [0.15, 0.2) is 18.2 Å². The van der Waals surface area contributed by atoms with Crippen molar-refractivity contribution in [1.82, 2.24) is 5.32 Å². The summed E-state index contributed by atoms with van der Waals surface area (Å²) in [6.07, 6.45) is -0.0597. The molecule has 1 heterocycles. The van der Waals surface area contributed by atoms with E-state index in [0.29, 0.717) is 6.61 Å². The maximum absolute atomic E-state index is 13.1. The fourth-order valence-corrected chi connectivity index (χ4v) is 1.61. The highest BCUT2D eigenvalue weighted by atomic mass is 35.5. The third-order valence-corrected chi connectivity index (χ3v) is 2.55. The van der Waals surface area contributed by atoms with Crippen molar-refractivity contribution >= 4 is 11.6 Å². The fourth-order valence-electron chi connectivity index (χ4n) is 1.49. The Balaban J connectivity index is 2.18. The van der Waals surface area contributed by atoms with Crippen LogP contribution in [0, 0.1) is 5.82 Å². The van der Waals surface area contributed by atoms with Crippen LogP contribution in [-0.4, -0.2) is 19.7 Å². The smallest absolute Gasteiger partial charge is 0.142 e. The van der Waals surface area contributed by atoms with Gasteiger partial charge in [0, 0.05) is 13.1 Å². The van der Waals surface area contributed by atoms with Crippen molar-refractivity contribution in [1.29, 1.82) is 0 Å². The molecule has 0 bridgehead atoms. The van der Waals surface area contributed by atoms with E-state index in [2.05, 4.69) is 5.32 Å². The van der Waals surface area contributed by atoms with Gasteiger partial charge in [0.25, 0.3) is 0 Å². The van der Waals surface area contributed by atoms with E-state index in [1.165, 1.54) is 6.07 Å². The van der Waals surface area contributed by atoms with E-state index in [9.17, 15) is 4.39 Å². The molecule has 1 saturated heterocycles. The number of ether oxygens (including phenoxy) is 1. The zero-order valence-electron chi connectivity index (χ0n) is 7.59. The lowest BCUT2D eigenvalue weighted by atomic mass is 10.1. The van der Waals surface area contributed by atoms with E-state index in [4.69, 9.17) is 16.3 Å². The number of hydrogen-bond acceptors (Lipinski definition) is 2. The van der Waals surface area contributed by atoms with Crippen LogP contribution in [-0.2, 0) is 4.74 Å². The molecule has 0 amide bonds. The van der Waals surface area contributed by atoms with Gasteiger partial charge < -0.3 is 10.1 Å². The number of morpholine rings is 1. The molecule has 1 aliphatic rings. The summed E-state index contributed by atoms with van der Waals surface area (Å²) in [6, 6.07) is 4.78. The van der Waals surface area contributed by atoms with Crippen molar-refractivity contribution in [3.8, 4) is 0 Å². The van der Waals surface area contributed by atoms with Crippen LogP contribution >= 0.6 is 11.6 Å². The zero-order chi connectivity index (χ0) is 9.97. The number of hydrogen-bond donors (Lipinski definition) is 1. The second-order valence-corrected chi connectivity index (χ2v) is 3.64. The van der Waals surface area contributed by atoms with Crippen LogP contribution in [0.2, 0.25) is 5.02 Å². The molecule has 1 N–H and O–H groups in total. The molecule has 2 nitrogen and oxygen atoms in total. The molecule has 0 aliphatic carbocycles. The van der Waals surface area contributed by atoms with Gasteiger partial charge in [-0.15, -0.1) is 0 Å². The summed E-state index contributed by atoms with van der Waals surface area (Å²) in [7, 11) is 0. The Morgan fingerprint density at radius 1 is 1.50 bits per heavy atom. The zero-order valence-corrected chi connectivity index (χ0v) is 8.35. The second-order valence-electron chi connectivity index (χ2n) is 3.24. The maximum atomic E-state index is 13.1. The van der Waals surface area contributed by atoms with Crippen molar-refractivity contribution in [2.45, 2.75) is 6.10 Å². The lowest BCUT2D eigenvalue weighted by Crippen LogP contribution is -2.33. The number of rotatable bonds is 1. The fraction of sp³-hybridized carbons (Fsp3) is 0.400. The highest BCUT2D eigenvalue weighted by Gasteiger charge is 2.16. The molecule has 2 rings (SSSR count). The minimum Gasteiger partial charge on any atom is -0.371 e. The average Bonchev–Trinajstić information content (AvgIpc) is 2.23. The molecule has 76 valence electrons. The first-order valence-corrected chi connectivity index (χ1v) is 4.92. The summed E-state index contributed by atoms with van der Waals surface area (Å²) in [5.41, 5.74) is 0.833. The molecule has 0 spiro atoms. The van der Waals surface area contributed by atoms with Crippen LogP contribution in [0.5, 0.6) is 0 Å². The predicted molar refractivity (Wildman–Crippen MR) is 53.0 cm³/mol. The SMILES string of the molecule is Fc1cc(C2CNCCO2)ccc1Cl. The van der Waals surface area contributed by atoms with Gasteiger partial charge in [0.2, 0.25) is 0 Å². The summed E-state index contributed by atoms with van der Waals surface area (Å²) in [5, 5.41) is 3.34. The van der Waals surface area contributed by atoms with Crippen molar-refractivity contribution in [3.63, 3.8) is 0 Å². The van der Waals surface area contributed by atoms with Crippen molar-refractivity contribution < 1.29 is 9.13 Å². The minimum atomic E-state index is -0.390. The Morgan fingerprint density at radius 3 is 3.00 bits per heavy atom. The van der Waals surface area contributed by atoms with Crippen molar-refractivity contribution in [3.05, 3.63) is 34.6 Å². The van der Waals surface area contributed by atoms with Gasteiger partial charge in [-0.1, -0.05) is 17.7 Å². The number of benzene rings is 1. The van der Waals surface area contributed by atoms with Crippen LogP contribution in [0.1, 0.15) is 11.7 Å². The van der Waals surface area contributed by atoms with Gasteiger partial charge in [-0.2, -0.15) is 0 Å². The Kier molecular flexibility index (Phi) is 3.01. The quantitative estimate of drug-likeness (QED) is 0.775. The number of halogens is 2. The van der Waals surface area contributed by atoms with E-state index < -0.39 is 5.82 Å². The summed E-state index contributed by atoms with van der Waals surface area (Å²) >= 11 is 5.59. The predicted octanol–water partition coefficient (Wildman–Crippen LogP) is 2.14. The van der Waals surface area contributed by atoms with E-state index >= 15 is 0 Å². The first-order valence-electron chi connectivity index (χ1n) is 4.54. The molecule has 0 saturated carbocycles. The van der Waals surface area contributed by atoms with Gasteiger partial charge in [-0.05, 0) is 17.7 Å². The monoisotopic (exact) mass is 215 g/mol. The van der Waals surface area contributed by atoms with E-state index in [0.717, 1.165) is 18.7 Å². The lowest BCUT2D eigenvalue weighted by Gasteiger charge is -2.23. The van der Waals surface area contributed by atoms with Crippen LogP contribution in [0.4, 0.5) is 4.39 Å². The van der Waals surface area contributed by atoms with E-state index in [-0.39, 0.29) is 11.1 Å². The molecule has 0 radical (unpaired) electrons. The number of nitrogens with one attached hydrogen (secondary N) is 1. The molecular weight excluding hydrogens is 205 g/mol. The first kappa shape index (κ1) is 9.90. The lowest BCUT2D eigenvalue weighted by molar-refractivity contribution is 0.0275. The minimum absolute atomic E-state index is 0.0597. The first-order chi connectivity index (χ1) is 6.77. The molecule has 4 heteroatoms. The van der Waals surface area contributed by atoms with Crippen molar-refractivity contribution in [2.24, 2.45) is 0 Å². The molecule has 1 aromatic rings. The van der Waals surface area contributed by atoms with Gasteiger partial charge in [-0.3, -0.25) is 0 Å².